The molecule has 0 radical (unpaired) electrons. The number of nitrogens with zero attached hydrogens (tertiary/aromatic N) is 2. The molecule has 1 fully saturated rings. The molecule has 1 aromatic heterocycles. The SMILES string of the molecule is O=[N+]([O-])c1ncc([C@@H]2O[C@H](CBr)[C@@H](O)[C@H]2F)[nH]1. The van der Waals surface area contributed by atoms with Gasteiger partial charge in [0.1, 0.15) is 24.1 Å². The molecule has 2 heterocycles. The summed E-state index contributed by atoms with van der Waals surface area (Å²) in [5.74, 6) is -0.479. The summed E-state index contributed by atoms with van der Waals surface area (Å²) in [6.07, 6.45) is -3.51. The molecule has 2 N–H and O–H groups in total. The first-order valence-corrected chi connectivity index (χ1v) is 5.89. The molecule has 1 saturated heterocycles. The van der Waals surface area contributed by atoms with Crippen molar-refractivity contribution in [1.29, 1.82) is 0 Å². The van der Waals surface area contributed by atoms with Gasteiger partial charge in [0.15, 0.2) is 6.17 Å². The van der Waals surface area contributed by atoms with Crippen LogP contribution >= 0.6 is 15.9 Å². The smallest absolute Gasteiger partial charge is 0.390 e. The maximum atomic E-state index is 13.7. The predicted molar refractivity (Wildman–Crippen MR) is 57.6 cm³/mol. The number of ether oxygens (including phenoxy) is 1. The molecule has 1 aliphatic heterocycles. The van der Waals surface area contributed by atoms with Gasteiger partial charge in [-0.2, -0.15) is 0 Å². The lowest BCUT2D eigenvalue weighted by atomic mass is 10.1. The highest BCUT2D eigenvalue weighted by atomic mass is 79.9. The number of nitrogens with one attached hydrogen (secondary N) is 1. The molecule has 0 aliphatic carbocycles. The highest BCUT2D eigenvalue weighted by Gasteiger charge is 2.46. The third-order valence-corrected chi connectivity index (χ3v) is 3.17. The molecule has 2 rings (SSSR count). The second kappa shape index (κ2) is 4.67. The number of alkyl halides is 2. The molecule has 0 spiro atoms. The minimum atomic E-state index is -1.64. The van der Waals surface area contributed by atoms with Crippen molar-refractivity contribution in [2.75, 3.05) is 5.33 Å². The summed E-state index contributed by atoms with van der Waals surface area (Å²) >= 11 is 3.09. The number of aliphatic hydroxyl groups is 1. The van der Waals surface area contributed by atoms with Crippen LogP contribution in [0.25, 0.3) is 0 Å². The number of hydrogen-bond acceptors (Lipinski definition) is 5. The Bertz CT molecular complexity index is 429. The average molecular weight is 310 g/mol. The topological polar surface area (TPSA) is 101 Å². The number of aliphatic hydroxyl groups excluding tert-OH is 1. The fraction of sp³-hybridized carbons (Fsp3) is 0.625. The molecule has 0 aromatic carbocycles. The van der Waals surface area contributed by atoms with Crippen molar-refractivity contribution in [3.05, 3.63) is 22.0 Å². The second-order valence-electron chi connectivity index (χ2n) is 3.60. The van der Waals surface area contributed by atoms with Gasteiger partial charge in [-0.15, -0.1) is 0 Å². The lowest BCUT2D eigenvalue weighted by molar-refractivity contribution is -0.393. The number of halogens is 2. The molecule has 0 amide bonds. The summed E-state index contributed by atoms with van der Waals surface area (Å²) in [5.41, 5.74) is 0.145. The maximum Gasteiger partial charge on any atom is 0.432 e. The maximum absolute atomic E-state index is 13.7. The van der Waals surface area contributed by atoms with E-state index < -0.39 is 35.4 Å². The van der Waals surface area contributed by atoms with Crippen molar-refractivity contribution in [3.63, 3.8) is 0 Å². The van der Waals surface area contributed by atoms with Crippen LogP contribution in [0.5, 0.6) is 0 Å². The van der Waals surface area contributed by atoms with Crippen LogP contribution in [-0.4, -0.2) is 43.7 Å². The van der Waals surface area contributed by atoms with Crippen LogP contribution in [0.15, 0.2) is 6.20 Å². The molecule has 9 heteroatoms. The lowest BCUT2D eigenvalue weighted by Gasteiger charge is -2.08. The molecule has 1 aromatic rings. The number of nitro groups is 1. The third-order valence-electron chi connectivity index (χ3n) is 2.53. The van der Waals surface area contributed by atoms with E-state index in [1.165, 1.54) is 0 Å². The average Bonchev–Trinajstić information content (AvgIpc) is 2.87. The van der Waals surface area contributed by atoms with E-state index >= 15 is 0 Å². The number of rotatable bonds is 3. The quantitative estimate of drug-likeness (QED) is 0.490. The summed E-state index contributed by atoms with van der Waals surface area (Å²) in [6, 6.07) is 0. The largest absolute Gasteiger partial charge is 0.432 e. The molecule has 0 unspecified atom stereocenters. The van der Waals surface area contributed by atoms with Crippen molar-refractivity contribution in [2.45, 2.75) is 24.5 Å². The van der Waals surface area contributed by atoms with Crippen molar-refractivity contribution >= 4 is 21.9 Å². The van der Waals surface area contributed by atoms with Gasteiger partial charge < -0.3 is 20.0 Å². The second-order valence-corrected chi connectivity index (χ2v) is 4.25. The molecule has 4 atom stereocenters. The summed E-state index contributed by atoms with van der Waals surface area (Å²) in [6.45, 7) is 0. The standard InChI is InChI=1S/C8H9BrFN3O4/c9-1-4-6(14)5(10)7(17-4)3-2-11-8(12-3)13(15)16/h2,4-7,14H,1H2,(H,11,12)/t4-,5-,6-,7+/m1/s1. The molecule has 94 valence electrons. The van der Waals surface area contributed by atoms with Gasteiger partial charge in [-0.05, 0) is 4.92 Å². The van der Waals surface area contributed by atoms with Crippen LogP contribution in [0, 0.1) is 10.1 Å². The van der Waals surface area contributed by atoms with E-state index in [4.69, 9.17) is 4.74 Å². The molecule has 1 aliphatic rings. The first kappa shape index (κ1) is 12.4. The van der Waals surface area contributed by atoms with E-state index in [-0.39, 0.29) is 11.0 Å². The fourth-order valence-corrected chi connectivity index (χ4v) is 2.20. The van der Waals surface area contributed by atoms with Gasteiger partial charge in [0.25, 0.3) is 0 Å². The summed E-state index contributed by atoms with van der Waals surface area (Å²) < 4.78 is 18.9. The van der Waals surface area contributed by atoms with E-state index in [1.807, 2.05) is 0 Å². The summed E-state index contributed by atoms with van der Waals surface area (Å²) in [5, 5.41) is 20.2. The Kier molecular flexibility index (Phi) is 3.40. The summed E-state index contributed by atoms with van der Waals surface area (Å²) in [4.78, 5) is 15.5. The molecule has 7 nitrogen and oxygen atoms in total. The Labute approximate surface area is 103 Å². The minimum Gasteiger partial charge on any atom is -0.390 e. The first-order chi connectivity index (χ1) is 8.04. The van der Waals surface area contributed by atoms with Crippen LogP contribution in [-0.2, 0) is 4.74 Å². The van der Waals surface area contributed by atoms with Gasteiger partial charge in [0, 0.05) is 5.33 Å². The van der Waals surface area contributed by atoms with Crippen molar-refractivity contribution < 1.29 is 19.2 Å². The van der Waals surface area contributed by atoms with Gasteiger partial charge in [-0.25, -0.2) is 9.37 Å². The van der Waals surface area contributed by atoms with E-state index in [9.17, 15) is 19.6 Å². The minimum absolute atomic E-state index is 0.145. The van der Waals surface area contributed by atoms with E-state index in [0.29, 0.717) is 0 Å². The van der Waals surface area contributed by atoms with E-state index in [0.717, 1.165) is 6.20 Å². The van der Waals surface area contributed by atoms with Crippen LogP contribution in [0.4, 0.5) is 10.3 Å². The van der Waals surface area contributed by atoms with Crippen molar-refractivity contribution in [2.24, 2.45) is 0 Å². The monoisotopic (exact) mass is 309 g/mol. The number of aromatic nitrogens is 2. The van der Waals surface area contributed by atoms with Gasteiger partial charge >= 0.3 is 5.95 Å². The number of imidazole rings is 1. The van der Waals surface area contributed by atoms with Crippen LogP contribution in [0.1, 0.15) is 11.8 Å². The van der Waals surface area contributed by atoms with Gasteiger partial charge in [-0.1, -0.05) is 20.9 Å². The van der Waals surface area contributed by atoms with E-state index in [2.05, 4.69) is 25.9 Å². The van der Waals surface area contributed by atoms with Gasteiger partial charge in [-0.3, -0.25) is 0 Å². The number of hydrogen-bond donors (Lipinski definition) is 2. The van der Waals surface area contributed by atoms with Gasteiger partial charge in [0.05, 0.1) is 6.10 Å². The van der Waals surface area contributed by atoms with Crippen LogP contribution in [0.3, 0.4) is 0 Å². The van der Waals surface area contributed by atoms with Crippen LogP contribution < -0.4 is 0 Å². The van der Waals surface area contributed by atoms with Crippen LogP contribution in [0.2, 0.25) is 0 Å². The Balaban J connectivity index is 2.19. The van der Waals surface area contributed by atoms with Gasteiger partial charge in [0.2, 0.25) is 0 Å². The Hall–Kier alpha value is -1.06. The zero-order valence-electron chi connectivity index (χ0n) is 8.42. The Morgan fingerprint density at radius 3 is 2.94 bits per heavy atom. The fourth-order valence-electron chi connectivity index (χ4n) is 1.66. The van der Waals surface area contributed by atoms with E-state index in [1.54, 1.807) is 0 Å². The number of aromatic amines is 1. The lowest BCUT2D eigenvalue weighted by Crippen LogP contribution is -2.28. The molecular weight excluding hydrogens is 301 g/mol. The number of H-pyrrole nitrogens is 1. The Morgan fingerprint density at radius 1 is 1.76 bits per heavy atom. The zero-order chi connectivity index (χ0) is 12.6. The molecule has 0 bridgehead atoms. The van der Waals surface area contributed by atoms with Crippen molar-refractivity contribution in [1.82, 2.24) is 9.97 Å². The normalized spacial score (nSPS) is 32.9. The summed E-state index contributed by atoms with van der Waals surface area (Å²) in [7, 11) is 0. The molecular formula is C8H9BrFN3O4. The Morgan fingerprint density at radius 2 is 2.47 bits per heavy atom. The highest BCUT2D eigenvalue weighted by molar-refractivity contribution is 9.09. The predicted octanol–water partition coefficient (Wildman–Crippen LogP) is 0.852. The zero-order valence-corrected chi connectivity index (χ0v) is 10.0. The van der Waals surface area contributed by atoms with Crippen molar-refractivity contribution in [3.8, 4) is 0 Å². The third kappa shape index (κ3) is 2.17. The molecule has 17 heavy (non-hydrogen) atoms. The highest BCUT2D eigenvalue weighted by Crippen LogP contribution is 2.35. The molecule has 0 saturated carbocycles. The first-order valence-electron chi connectivity index (χ1n) is 4.77.